The van der Waals surface area contributed by atoms with Gasteiger partial charge in [-0.1, -0.05) is 23.7 Å². The Morgan fingerprint density at radius 1 is 1.28 bits per heavy atom. The van der Waals surface area contributed by atoms with E-state index in [4.69, 9.17) is 22.1 Å². The lowest BCUT2D eigenvalue weighted by Crippen LogP contribution is -2.13. The normalized spacial score (nSPS) is 12.2. The number of aromatic nitrogens is 1. The molecule has 94 valence electrons. The molecule has 0 saturated heterocycles. The van der Waals surface area contributed by atoms with Crippen molar-refractivity contribution in [1.82, 2.24) is 4.98 Å². The first kappa shape index (κ1) is 12.9. The third-order valence-electron chi connectivity index (χ3n) is 2.84. The van der Waals surface area contributed by atoms with Crippen molar-refractivity contribution in [2.75, 3.05) is 7.11 Å². The largest absolute Gasteiger partial charge is 0.497 e. The van der Waals surface area contributed by atoms with Crippen molar-refractivity contribution in [1.29, 1.82) is 0 Å². The topological polar surface area (TPSA) is 48.1 Å². The molecule has 18 heavy (non-hydrogen) atoms. The highest BCUT2D eigenvalue weighted by atomic mass is 35.5. The smallest absolute Gasteiger partial charge is 0.118 e. The van der Waals surface area contributed by atoms with E-state index in [0.29, 0.717) is 11.4 Å². The molecule has 1 aromatic carbocycles. The number of ether oxygens (including phenoxy) is 1. The van der Waals surface area contributed by atoms with E-state index in [1.807, 2.05) is 30.3 Å². The van der Waals surface area contributed by atoms with Gasteiger partial charge in [-0.15, -0.1) is 0 Å². The van der Waals surface area contributed by atoms with Crippen molar-refractivity contribution in [3.05, 3.63) is 58.9 Å². The number of benzene rings is 1. The van der Waals surface area contributed by atoms with Crippen molar-refractivity contribution in [3.63, 3.8) is 0 Å². The van der Waals surface area contributed by atoms with Crippen molar-refractivity contribution in [2.24, 2.45) is 5.73 Å². The fourth-order valence-corrected chi connectivity index (χ4v) is 1.97. The van der Waals surface area contributed by atoms with Gasteiger partial charge in [0.2, 0.25) is 0 Å². The van der Waals surface area contributed by atoms with E-state index in [2.05, 4.69) is 4.98 Å². The molecule has 0 aliphatic heterocycles. The quantitative estimate of drug-likeness (QED) is 0.922. The fraction of sp³-hybridized carbons (Fsp3) is 0.214. The number of methoxy groups -OCH3 is 1. The lowest BCUT2D eigenvalue weighted by Gasteiger charge is -2.13. The number of pyridine rings is 1. The minimum absolute atomic E-state index is 0.0872. The molecular formula is C14H15ClN2O. The van der Waals surface area contributed by atoms with Crippen LogP contribution in [0.5, 0.6) is 5.75 Å². The van der Waals surface area contributed by atoms with Crippen LogP contribution in [-0.2, 0) is 6.42 Å². The Morgan fingerprint density at radius 2 is 2.00 bits per heavy atom. The predicted molar refractivity (Wildman–Crippen MR) is 72.9 cm³/mol. The summed E-state index contributed by atoms with van der Waals surface area (Å²) in [4.78, 5) is 3.96. The van der Waals surface area contributed by atoms with Gasteiger partial charge in [0.15, 0.2) is 0 Å². The van der Waals surface area contributed by atoms with E-state index in [1.54, 1.807) is 19.5 Å². The Bertz CT molecular complexity index is 513. The lowest BCUT2D eigenvalue weighted by molar-refractivity contribution is 0.414. The van der Waals surface area contributed by atoms with E-state index in [0.717, 1.165) is 16.9 Å². The van der Waals surface area contributed by atoms with Crippen molar-refractivity contribution < 1.29 is 4.74 Å². The summed E-state index contributed by atoms with van der Waals surface area (Å²) >= 11 is 6.07. The minimum atomic E-state index is -0.0872. The van der Waals surface area contributed by atoms with Crippen LogP contribution in [0, 0.1) is 0 Å². The summed E-state index contributed by atoms with van der Waals surface area (Å²) in [6.07, 6.45) is 4.05. The molecule has 0 radical (unpaired) electrons. The van der Waals surface area contributed by atoms with Gasteiger partial charge in [-0.25, -0.2) is 0 Å². The highest BCUT2D eigenvalue weighted by Gasteiger charge is 2.09. The average Bonchev–Trinajstić information content (AvgIpc) is 2.41. The molecule has 0 amide bonds. The van der Waals surface area contributed by atoms with E-state index >= 15 is 0 Å². The first-order chi connectivity index (χ1) is 8.70. The molecule has 1 unspecified atom stereocenters. The predicted octanol–water partition coefficient (Wildman–Crippen LogP) is 2.99. The number of hydrogen-bond acceptors (Lipinski definition) is 3. The maximum Gasteiger partial charge on any atom is 0.118 e. The van der Waals surface area contributed by atoms with Gasteiger partial charge in [0.1, 0.15) is 5.75 Å². The van der Waals surface area contributed by atoms with Gasteiger partial charge in [0.25, 0.3) is 0 Å². The number of hydrogen-bond donors (Lipinski definition) is 1. The third kappa shape index (κ3) is 3.00. The Hall–Kier alpha value is -1.58. The first-order valence-corrected chi connectivity index (χ1v) is 6.06. The Morgan fingerprint density at radius 3 is 2.61 bits per heavy atom. The molecule has 1 heterocycles. The van der Waals surface area contributed by atoms with Crippen LogP contribution in [-0.4, -0.2) is 12.1 Å². The minimum Gasteiger partial charge on any atom is -0.497 e. The first-order valence-electron chi connectivity index (χ1n) is 5.68. The van der Waals surface area contributed by atoms with Crippen LogP contribution in [0.1, 0.15) is 17.2 Å². The second kappa shape index (κ2) is 5.85. The summed E-state index contributed by atoms with van der Waals surface area (Å²) in [5, 5.41) is 0.654. The molecule has 0 aliphatic carbocycles. The molecule has 2 aromatic rings. The average molecular weight is 263 g/mol. The van der Waals surface area contributed by atoms with Crippen molar-refractivity contribution in [2.45, 2.75) is 12.5 Å². The zero-order valence-corrected chi connectivity index (χ0v) is 10.9. The Kier molecular flexibility index (Phi) is 4.18. The molecule has 0 saturated carbocycles. The maximum atomic E-state index is 6.17. The summed E-state index contributed by atoms with van der Waals surface area (Å²) < 4.78 is 5.12. The van der Waals surface area contributed by atoms with Gasteiger partial charge >= 0.3 is 0 Å². The number of rotatable bonds is 4. The number of nitrogens with zero attached hydrogens (tertiary/aromatic N) is 1. The highest BCUT2D eigenvalue weighted by Crippen LogP contribution is 2.22. The summed E-state index contributed by atoms with van der Waals surface area (Å²) in [5.41, 5.74) is 8.24. The Labute approximate surface area is 112 Å². The molecule has 1 atom stereocenters. The summed E-state index contributed by atoms with van der Waals surface area (Å²) in [7, 11) is 1.64. The van der Waals surface area contributed by atoms with Crippen LogP contribution >= 0.6 is 11.6 Å². The molecule has 2 rings (SSSR count). The lowest BCUT2D eigenvalue weighted by atomic mass is 10.0. The monoisotopic (exact) mass is 262 g/mol. The number of nitrogens with two attached hydrogens (primary N) is 1. The number of halogens is 1. The van der Waals surface area contributed by atoms with E-state index in [-0.39, 0.29) is 6.04 Å². The standard InChI is InChI=1S/C14H15ClN2O/c1-18-12-4-2-10(3-5-12)14(16)8-11-6-7-17-9-13(11)15/h2-7,9,14H,8,16H2,1H3. The molecule has 3 nitrogen and oxygen atoms in total. The van der Waals surface area contributed by atoms with E-state index in [1.165, 1.54) is 0 Å². The highest BCUT2D eigenvalue weighted by molar-refractivity contribution is 6.31. The van der Waals surface area contributed by atoms with Crippen LogP contribution in [0.3, 0.4) is 0 Å². The second-order valence-corrected chi connectivity index (χ2v) is 4.46. The fourth-order valence-electron chi connectivity index (χ4n) is 1.78. The molecule has 4 heteroatoms. The summed E-state index contributed by atoms with van der Waals surface area (Å²) in [5.74, 6) is 0.827. The summed E-state index contributed by atoms with van der Waals surface area (Å²) in [6, 6.07) is 9.56. The van der Waals surface area contributed by atoms with Crippen LogP contribution < -0.4 is 10.5 Å². The zero-order chi connectivity index (χ0) is 13.0. The van der Waals surface area contributed by atoms with Gasteiger partial charge < -0.3 is 10.5 Å². The van der Waals surface area contributed by atoms with E-state index in [9.17, 15) is 0 Å². The molecule has 0 aliphatic rings. The molecular weight excluding hydrogens is 248 g/mol. The molecule has 2 N–H and O–H groups in total. The molecule has 0 spiro atoms. The second-order valence-electron chi connectivity index (χ2n) is 4.05. The van der Waals surface area contributed by atoms with Gasteiger partial charge in [-0.05, 0) is 35.7 Å². The zero-order valence-electron chi connectivity index (χ0n) is 10.1. The van der Waals surface area contributed by atoms with Crippen LogP contribution in [0.25, 0.3) is 0 Å². The third-order valence-corrected chi connectivity index (χ3v) is 3.18. The van der Waals surface area contributed by atoms with E-state index < -0.39 is 0 Å². The molecule has 0 fully saturated rings. The van der Waals surface area contributed by atoms with Crippen molar-refractivity contribution in [3.8, 4) is 5.75 Å². The van der Waals surface area contributed by atoms with Crippen LogP contribution in [0.4, 0.5) is 0 Å². The van der Waals surface area contributed by atoms with Crippen molar-refractivity contribution >= 4 is 11.6 Å². The van der Waals surface area contributed by atoms with Gasteiger partial charge in [-0.3, -0.25) is 4.98 Å². The Balaban J connectivity index is 2.11. The van der Waals surface area contributed by atoms with Gasteiger partial charge in [-0.2, -0.15) is 0 Å². The van der Waals surface area contributed by atoms with Gasteiger partial charge in [0.05, 0.1) is 12.1 Å². The molecule has 1 aromatic heterocycles. The van der Waals surface area contributed by atoms with Crippen LogP contribution in [0.15, 0.2) is 42.7 Å². The summed E-state index contributed by atoms with van der Waals surface area (Å²) in [6.45, 7) is 0. The van der Waals surface area contributed by atoms with Gasteiger partial charge in [0, 0.05) is 18.4 Å². The molecule has 0 bridgehead atoms. The van der Waals surface area contributed by atoms with Crippen LogP contribution in [0.2, 0.25) is 5.02 Å². The SMILES string of the molecule is COc1ccc(C(N)Cc2ccncc2Cl)cc1. The maximum absolute atomic E-state index is 6.17.